The highest BCUT2D eigenvalue weighted by Gasteiger charge is 2.22. The van der Waals surface area contributed by atoms with E-state index in [-0.39, 0.29) is 21.7 Å². The van der Waals surface area contributed by atoms with Crippen LogP contribution in [0.15, 0.2) is 88.9 Å². The van der Waals surface area contributed by atoms with Crippen LogP contribution in [0.3, 0.4) is 0 Å². The topological polar surface area (TPSA) is 134 Å². The number of hydrazine groups is 1. The molecule has 34 heavy (non-hydrogen) atoms. The van der Waals surface area contributed by atoms with Crippen molar-refractivity contribution in [3.63, 3.8) is 0 Å². The molecule has 0 aliphatic heterocycles. The van der Waals surface area contributed by atoms with Gasteiger partial charge in [-0.25, -0.2) is 14.3 Å². The second-order valence-corrected chi connectivity index (χ2v) is 10.2. The van der Waals surface area contributed by atoms with E-state index in [1.54, 1.807) is 36.4 Å². The minimum Gasteiger partial charge on any atom is -0.325 e. The van der Waals surface area contributed by atoms with Gasteiger partial charge in [0.2, 0.25) is 11.1 Å². The maximum absolute atomic E-state index is 13.0. The zero-order valence-corrected chi connectivity index (χ0v) is 20.4. The molecule has 0 aliphatic carbocycles. The number of benzene rings is 3. The van der Waals surface area contributed by atoms with Crippen molar-refractivity contribution in [1.29, 1.82) is 0 Å². The third-order valence-electron chi connectivity index (χ3n) is 4.92. The summed E-state index contributed by atoms with van der Waals surface area (Å²) in [6.07, 6.45) is 0. The Labute approximate surface area is 203 Å². The Balaban J connectivity index is 1.67. The number of amidine groups is 1. The lowest BCUT2D eigenvalue weighted by atomic mass is 10.2. The number of nitrogens with one attached hydrogen (secondary N) is 1. The van der Waals surface area contributed by atoms with E-state index in [0.29, 0.717) is 17.1 Å². The summed E-state index contributed by atoms with van der Waals surface area (Å²) in [5.41, 5.74) is 2.51. The minimum atomic E-state index is -3.81. The van der Waals surface area contributed by atoms with E-state index < -0.39 is 10.0 Å². The number of hydrogen-bond donors (Lipinski definition) is 3. The summed E-state index contributed by atoms with van der Waals surface area (Å²) in [5, 5.41) is 7.97. The first-order valence-corrected chi connectivity index (χ1v) is 12.6. The average Bonchev–Trinajstić information content (AvgIpc) is 2.84. The lowest BCUT2D eigenvalue weighted by Gasteiger charge is -2.21. The number of carbonyl (C=O) groups excluding carboxylic acids is 1. The van der Waals surface area contributed by atoms with E-state index >= 15 is 0 Å². The third-order valence-corrected chi connectivity index (χ3v) is 7.67. The molecular weight excluding hydrogens is 472 g/mol. The van der Waals surface area contributed by atoms with Gasteiger partial charge in [0.05, 0.1) is 22.0 Å². The fourth-order valence-electron chi connectivity index (χ4n) is 3.10. The molecular formula is C23H26N6O3S2. The molecule has 0 aliphatic rings. The molecule has 0 saturated heterocycles. The first kappa shape index (κ1) is 25.1. The molecule has 0 heterocycles. The summed E-state index contributed by atoms with van der Waals surface area (Å²) in [5.74, 6) is 11.2. The standard InChI is InChI=1S/C23H26N6O3S2/c1-17-9-6-7-14-21(17)29(25)23(27-24)33-16-22(30)26-18-10-8-13-20(15-18)34(31,32)28(2)19-11-4-3-5-12-19/h3-15H,16,24-25H2,1-2H3,(H,26,30)/b27-23+. The van der Waals surface area contributed by atoms with Gasteiger partial charge in [0.15, 0.2) is 0 Å². The van der Waals surface area contributed by atoms with Gasteiger partial charge in [0.25, 0.3) is 10.0 Å². The number of anilines is 3. The van der Waals surface area contributed by atoms with Gasteiger partial charge in [-0.05, 0) is 48.9 Å². The number of sulfonamides is 1. The molecule has 0 unspecified atom stereocenters. The largest absolute Gasteiger partial charge is 0.325 e. The van der Waals surface area contributed by atoms with E-state index in [1.807, 2.05) is 37.3 Å². The quantitative estimate of drug-likeness (QED) is 0.197. The van der Waals surface area contributed by atoms with Crippen LogP contribution < -0.4 is 26.3 Å². The van der Waals surface area contributed by atoms with Gasteiger partial charge >= 0.3 is 0 Å². The molecule has 0 fully saturated rings. The maximum atomic E-state index is 13.0. The SMILES string of the molecule is Cc1ccccc1N(N)/C(=N\N)SCC(=O)Nc1cccc(S(=O)(=O)N(C)c2ccccc2)c1. The van der Waals surface area contributed by atoms with Crippen LogP contribution in [-0.2, 0) is 14.8 Å². The van der Waals surface area contributed by atoms with Crippen molar-refractivity contribution in [3.05, 3.63) is 84.4 Å². The Morgan fingerprint density at radius 3 is 2.38 bits per heavy atom. The lowest BCUT2D eigenvalue weighted by molar-refractivity contribution is -0.113. The van der Waals surface area contributed by atoms with Crippen LogP contribution in [0.4, 0.5) is 17.1 Å². The highest BCUT2D eigenvalue weighted by molar-refractivity contribution is 8.14. The molecule has 0 bridgehead atoms. The van der Waals surface area contributed by atoms with E-state index in [2.05, 4.69) is 10.4 Å². The number of hydrogen-bond acceptors (Lipinski definition) is 7. The fraction of sp³-hybridized carbons (Fsp3) is 0.130. The Morgan fingerprint density at radius 1 is 1.03 bits per heavy atom. The third kappa shape index (κ3) is 5.87. The first-order chi connectivity index (χ1) is 16.2. The van der Waals surface area contributed by atoms with Crippen LogP contribution in [0.2, 0.25) is 0 Å². The lowest BCUT2D eigenvalue weighted by Crippen LogP contribution is -2.37. The van der Waals surface area contributed by atoms with Crippen molar-refractivity contribution in [3.8, 4) is 0 Å². The number of thioether (sulfide) groups is 1. The van der Waals surface area contributed by atoms with Crippen molar-refractivity contribution >= 4 is 49.9 Å². The molecule has 0 radical (unpaired) electrons. The Morgan fingerprint density at radius 2 is 1.71 bits per heavy atom. The van der Waals surface area contributed by atoms with Crippen LogP contribution in [0, 0.1) is 6.92 Å². The number of rotatable bonds is 7. The minimum absolute atomic E-state index is 0.0312. The molecule has 3 rings (SSSR count). The van der Waals surface area contributed by atoms with Crippen molar-refractivity contribution in [1.82, 2.24) is 0 Å². The maximum Gasteiger partial charge on any atom is 0.264 e. The summed E-state index contributed by atoms with van der Waals surface area (Å²) >= 11 is 1.06. The second-order valence-electron chi connectivity index (χ2n) is 7.24. The van der Waals surface area contributed by atoms with Gasteiger partial charge in [0.1, 0.15) is 0 Å². The molecule has 11 heteroatoms. The molecule has 9 nitrogen and oxygen atoms in total. The normalized spacial score (nSPS) is 11.7. The highest BCUT2D eigenvalue weighted by atomic mass is 32.2. The zero-order valence-electron chi connectivity index (χ0n) is 18.8. The molecule has 3 aromatic rings. The van der Waals surface area contributed by atoms with Crippen LogP contribution in [0.25, 0.3) is 0 Å². The summed E-state index contributed by atoms with van der Waals surface area (Å²) < 4.78 is 27.2. The molecule has 178 valence electrons. The Kier molecular flexibility index (Phi) is 8.16. The van der Waals surface area contributed by atoms with E-state index in [1.165, 1.54) is 28.5 Å². The van der Waals surface area contributed by atoms with Gasteiger partial charge in [-0.15, -0.1) is 0 Å². The zero-order chi connectivity index (χ0) is 24.7. The summed E-state index contributed by atoms with van der Waals surface area (Å²) in [6.45, 7) is 1.90. The smallest absolute Gasteiger partial charge is 0.264 e. The number of aryl methyl sites for hydroxylation is 1. The monoisotopic (exact) mass is 498 g/mol. The Bertz CT molecular complexity index is 1280. The predicted molar refractivity (Wildman–Crippen MR) is 139 cm³/mol. The number of para-hydroxylation sites is 2. The molecule has 0 saturated carbocycles. The van der Waals surface area contributed by atoms with Gasteiger partial charge in [-0.3, -0.25) is 14.1 Å². The summed E-state index contributed by atoms with van der Waals surface area (Å²) in [6, 6.07) is 22.3. The van der Waals surface area contributed by atoms with Crippen molar-refractivity contribution in [2.75, 3.05) is 27.4 Å². The number of carbonyl (C=O) groups is 1. The number of hydrazone groups is 1. The molecule has 0 spiro atoms. The number of amides is 1. The van der Waals surface area contributed by atoms with Crippen LogP contribution in [0.1, 0.15) is 5.56 Å². The van der Waals surface area contributed by atoms with Crippen molar-refractivity contribution < 1.29 is 13.2 Å². The van der Waals surface area contributed by atoms with Crippen molar-refractivity contribution in [2.24, 2.45) is 16.8 Å². The second kappa shape index (κ2) is 11.1. The molecule has 0 atom stereocenters. The van der Waals surface area contributed by atoms with Crippen LogP contribution in [-0.4, -0.2) is 32.3 Å². The fourth-order valence-corrected chi connectivity index (χ4v) is 4.99. The van der Waals surface area contributed by atoms with Gasteiger partial charge in [0, 0.05) is 12.7 Å². The highest BCUT2D eigenvalue weighted by Crippen LogP contribution is 2.24. The first-order valence-electron chi connectivity index (χ1n) is 10.2. The van der Waals surface area contributed by atoms with Gasteiger partial charge in [-0.2, -0.15) is 5.10 Å². The van der Waals surface area contributed by atoms with Gasteiger partial charge in [-0.1, -0.05) is 54.2 Å². The Hall–Kier alpha value is -3.54. The molecule has 1 amide bonds. The van der Waals surface area contributed by atoms with E-state index in [9.17, 15) is 13.2 Å². The summed E-state index contributed by atoms with van der Waals surface area (Å²) in [7, 11) is -2.33. The van der Waals surface area contributed by atoms with Gasteiger partial charge < -0.3 is 11.2 Å². The summed E-state index contributed by atoms with van der Waals surface area (Å²) in [4.78, 5) is 12.6. The molecule has 0 aromatic heterocycles. The van der Waals surface area contributed by atoms with E-state index in [4.69, 9.17) is 11.7 Å². The average molecular weight is 499 g/mol. The predicted octanol–water partition coefficient (Wildman–Crippen LogP) is 3.10. The molecule has 3 aromatic carbocycles. The number of nitrogens with two attached hydrogens (primary N) is 2. The van der Waals surface area contributed by atoms with E-state index in [0.717, 1.165) is 17.3 Å². The van der Waals surface area contributed by atoms with Crippen molar-refractivity contribution in [2.45, 2.75) is 11.8 Å². The molecule has 5 N–H and O–H groups in total. The number of nitrogens with zero attached hydrogens (tertiary/aromatic N) is 3. The van der Waals surface area contributed by atoms with Crippen LogP contribution in [0.5, 0.6) is 0 Å². The van der Waals surface area contributed by atoms with Crippen LogP contribution >= 0.6 is 11.8 Å².